The second-order valence-corrected chi connectivity index (χ2v) is 6.16. The maximum atomic E-state index is 12.6. The van der Waals surface area contributed by atoms with E-state index in [1.807, 2.05) is 0 Å². The molecule has 2 aromatic heterocycles. The molecule has 0 aliphatic rings. The molecule has 0 aliphatic carbocycles. The molecule has 2 N–H and O–H groups in total. The molecular formula is C17H16N2O5S. The Morgan fingerprint density at radius 1 is 1.20 bits per heavy atom. The number of aromatic nitrogens is 1. The van der Waals surface area contributed by atoms with Crippen LogP contribution in [0.25, 0.3) is 10.2 Å². The van der Waals surface area contributed by atoms with Gasteiger partial charge in [0, 0.05) is 18.8 Å². The van der Waals surface area contributed by atoms with E-state index in [0.717, 1.165) is 0 Å². The summed E-state index contributed by atoms with van der Waals surface area (Å²) >= 11 is 1.26. The number of carbonyl (C=O) groups is 1. The molecule has 1 amide bonds. The average Bonchev–Trinajstić information content (AvgIpc) is 3.10. The van der Waals surface area contributed by atoms with Gasteiger partial charge >= 0.3 is 0 Å². The summed E-state index contributed by atoms with van der Waals surface area (Å²) in [6.07, 6.45) is 0. The molecule has 0 unspecified atom stereocenters. The number of pyridine rings is 1. The number of thiophene rings is 1. The first-order valence-electron chi connectivity index (χ1n) is 7.30. The number of nitrogens with zero attached hydrogens (tertiary/aromatic N) is 1. The van der Waals surface area contributed by atoms with Crippen LogP contribution in [0.3, 0.4) is 0 Å². The molecule has 3 aromatic rings. The first kappa shape index (κ1) is 16.8. The van der Waals surface area contributed by atoms with E-state index in [-0.39, 0.29) is 11.3 Å². The predicted molar refractivity (Wildman–Crippen MR) is 96.2 cm³/mol. The summed E-state index contributed by atoms with van der Waals surface area (Å²) in [5.41, 5.74) is 0.124. The van der Waals surface area contributed by atoms with Gasteiger partial charge in [-0.2, -0.15) is 0 Å². The largest absolute Gasteiger partial charge is 0.505 e. The lowest BCUT2D eigenvalue weighted by molar-refractivity contribution is 0.102. The van der Waals surface area contributed by atoms with Crippen LogP contribution in [0.5, 0.6) is 17.2 Å². The minimum atomic E-state index is -0.694. The Morgan fingerprint density at radius 3 is 2.60 bits per heavy atom. The van der Waals surface area contributed by atoms with Gasteiger partial charge in [-0.1, -0.05) is 0 Å². The molecule has 3 rings (SSSR count). The van der Waals surface area contributed by atoms with Gasteiger partial charge < -0.3 is 24.5 Å². The number of fused-ring (bicyclic) bond motifs is 1. The number of benzene rings is 1. The molecular weight excluding hydrogens is 344 g/mol. The standard InChI is InChI=1S/C17H16N2O5S/c1-19-10-6-7-25-15(10)14(20)13(17(19)22)16(21)18-9-4-5-11(23-2)12(8-9)24-3/h4-8,20H,1-3H3,(H,18,21). The van der Waals surface area contributed by atoms with Crippen LogP contribution >= 0.6 is 11.3 Å². The first-order chi connectivity index (χ1) is 12.0. The lowest BCUT2D eigenvalue weighted by atomic mass is 10.2. The minimum absolute atomic E-state index is 0.299. The summed E-state index contributed by atoms with van der Waals surface area (Å²) in [6, 6.07) is 6.54. The highest BCUT2D eigenvalue weighted by Gasteiger charge is 2.22. The van der Waals surface area contributed by atoms with E-state index in [1.54, 1.807) is 36.7 Å². The summed E-state index contributed by atoms with van der Waals surface area (Å²) in [7, 11) is 4.55. The van der Waals surface area contributed by atoms with Crippen LogP contribution in [-0.4, -0.2) is 29.8 Å². The van der Waals surface area contributed by atoms with Crippen LogP contribution in [0.1, 0.15) is 10.4 Å². The van der Waals surface area contributed by atoms with E-state index in [2.05, 4.69) is 5.32 Å². The van der Waals surface area contributed by atoms with E-state index in [1.165, 1.54) is 30.1 Å². The number of aromatic hydroxyl groups is 1. The zero-order chi connectivity index (χ0) is 18.1. The highest BCUT2D eigenvalue weighted by molar-refractivity contribution is 7.17. The molecule has 7 nitrogen and oxygen atoms in total. The van der Waals surface area contributed by atoms with Crippen molar-refractivity contribution in [3.05, 3.63) is 45.6 Å². The number of methoxy groups -OCH3 is 2. The molecule has 130 valence electrons. The van der Waals surface area contributed by atoms with Crippen LogP contribution in [0.2, 0.25) is 0 Å². The Morgan fingerprint density at radius 2 is 1.92 bits per heavy atom. The molecule has 0 fully saturated rings. The molecule has 0 bridgehead atoms. The third-order valence-corrected chi connectivity index (χ3v) is 4.76. The Balaban J connectivity index is 2.02. The molecule has 0 saturated heterocycles. The zero-order valence-corrected chi connectivity index (χ0v) is 14.6. The van der Waals surface area contributed by atoms with Gasteiger partial charge in [-0.05, 0) is 23.6 Å². The molecule has 0 saturated carbocycles. The van der Waals surface area contributed by atoms with Crippen molar-refractivity contribution in [2.45, 2.75) is 0 Å². The number of hydrogen-bond donors (Lipinski definition) is 2. The molecule has 0 radical (unpaired) electrons. The maximum Gasteiger partial charge on any atom is 0.267 e. The number of hydrogen-bond acceptors (Lipinski definition) is 6. The van der Waals surface area contributed by atoms with Crippen molar-refractivity contribution in [3.63, 3.8) is 0 Å². The fraction of sp³-hybridized carbons (Fsp3) is 0.176. The van der Waals surface area contributed by atoms with Gasteiger partial charge in [-0.25, -0.2) is 0 Å². The number of amides is 1. The van der Waals surface area contributed by atoms with Gasteiger partial charge in [-0.15, -0.1) is 11.3 Å². The third-order valence-electron chi connectivity index (χ3n) is 3.84. The highest BCUT2D eigenvalue weighted by atomic mass is 32.1. The highest BCUT2D eigenvalue weighted by Crippen LogP contribution is 2.32. The summed E-state index contributed by atoms with van der Waals surface area (Å²) in [5, 5.41) is 14.7. The molecule has 1 aromatic carbocycles. The van der Waals surface area contributed by atoms with Crippen LogP contribution in [0.15, 0.2) is 34.4 Å². The van der Waals surface area contributed by atoms with Crippen LogP contribution < -0.4 is 20.3 Å². The average molecular weight is 360 g/mol. The van der Waals surface area contributed by atoms with E-state index < -0.39 is 11.5 Å². The van der Waals surface area contributed by atoms with Crippen molar-refractivity contribution >= 4 is 33.1 Å². The number of aryl methyl sites for hydroxylation is 1. The van der Waals surface area contributed by atoms with E-state index >= 15 is 0 Å². The molecule has 0 atom stereocenters. The van der Waals surface area contributed by atoms with E-state index in [9.17, 15) is 14.7 Å². The van der Waals surface area contributed by atoms with Crippen LogP contribution in [0.4, 0.5) is 5.69 Å². The Kier molecular flexibility index (Phi) is 4.37. The Bertz CT molecular complexity index is 1020. The summed E-state index contributed by atoms with van der Waals surface area (Å²) in [5.74, 6) is -0.0582. The molecule has 8 heteroatoms. The van der Waals surface area contributed by atoms with E-state index in [4.69, 9.17) is 9.47 Å². The second kappa shape index (κ2) is 6.48. The Labute approximate surface area is 147 Å². The van der Waals surface area contributed by atoms with Gasteiger partial charge in [0.15, 0.2) is 17.2 Å². The van der Waals surface area contributed by atoms with Crippen LogP contribution in [-0.2, 0) is 7.05 Å². The van der Waals surface area contributed by atoms with Gasteiger partial charge in [-0.3, -0.25) is 9.59 Å². The normalized spacial score (nSPS) is 10.7. The summed E-state index contributed by atoms with van der Waals surface area (Å²) in [4.78, 5) is 25.0. The second-order valence-electron chi connectivity index (χ2n) is 5.25. The van der Waals surface area contributed by atoms with Crippen molar-refractivity contribution < 1.29 is 19.4 Å². The summed E-state index contributed by atoms with van der Waals surface area (Å²) in [6.45, 7) is 0. The number of anilines is 1. The summed E-state index contributed by atoms with van der Waals surface area (Å²) < 4.78 is 12.2. The van der Waals surface area contributed by atoms with Crippen LogP contribution in [0, 0.1) is 0 Å². The van der Waals surface area contributed by atoms with E-state index in [0.29, 0.717) is 27.4 Å². The Hall–Kier alpha value is -3.00. The van der Waals surface area contributed by atoms with Crippen molar-refractivity contribution in [3.8, 4) is 17.2 Å². The zero-order valence-electron chi connectivity index (χ0n) is 13.8. The van der Waals surface area contributed by atoms with Gasteiger partial charge in [0.2, 0.25) is 0 Å². The van der Waals surface area contributed by atoms with Crippen molar-refractivity contribution in [2.24, 2.45) is 7.05 Å². The van der Waals surface area contributed by atoms with Crippen molar-refractivity contribution in [1.29, 1.82) is 0 Å². The van der Waals surface area contributed by atoms with Crippen molar-refractivity contribution in [1.82, 2.24) is 4.57 Å². The lowest BCUT2D eigenvalue weighted by Crippen LogP contribution is -2.27. The van der Waals surface area contributed by atoms with Gasteiger partial charge in [0.05, 0.1) is 24.4 Å². The fourth-order valence-electron chi connectivity index (χ4n) is 2.55. The fourth-order valence-corrected chi connectivity index (χ4v) is 3.42. The SMILES string of the molecule is COc1ccc(NC(=O)c2c(O)c3sccc3n(C)c2=O)cc1OC. The molecule has 2 heterocycles. The third kappa shape index (κ3) is 2.80. The smallest absolute Gasteiger partial charge is 0.267 e. The van der Waals surface area contributed by atoms with Gasteiger partial charge in [0.25, 0.3) is 11.5 Å². The maximum absolute atomic E-state index is 12.6. The lowest BCUT2D eigenvalue weighted by Gasteiger charge is -2.12. The number of rotatable bonds is 4. The monoisotopic (exact) mass is 360 g/mol. The molecule has 0 spiro atoms. The van der Waals surface area contributed by atoms with Crippen molar-refractivity contribution in [2.75, 3.05) is 19.5 Å². The molecule has 0 aliphatic heterocycles. The number of ether oxygens (including phenoxy) is 2. The minimum Gasteiger partial charge on any atom is -0.505 e. The quantitative estimate of drug-likeness (QED) is 0.746. The first-order valence-corrected chi connectivity index (χ1v) is 8.18. The molecule has 25 heavy (non-hydrogen) atoms. The number of nitrogens with one attached hydrogen (secondary N) is 1. The number of carbonyl (C=O) groups excluding carboxylic acids is 1. The van der Waals surface area contributed by atoms with Gasteiger partial charge in [0.1, 0.15) is 5.56 Å². The topological polar surface area (TPSA) is 89.8 Å². The predicted octanol–water partition coefficient (Wildman–Crippen LogP) is 2.58.